The highest BCUT2D eigenvalue weighted by Gasteiger charge is 2.07. The van der Waals surface area contributed by atoms with Gasteiger partial charge in [0.1, 0.15) is 5.82 Å². The number of amides is 1. The van der Waals surface area contributed by atoms with E-state index in [1.54, 1.807) is 6.08 Å². The van der Waals surface area contributed by atoms with E-state index in [2.05, 4.69) is 32.5 Å². The van der Waals surface area contributed by atoms with Crippen LogP contribution in [0, 0.1) is 0 Å². The summed E-state index contributed by atoms with van der Waals surface area (Å²) in [5, 5.41) is 9.16. The molecule has 0 aliphatic rings. The Morgan fingerprint density at radius 2 is 1.74 bits per heavy atom. The van der Waals surface area contributed by atoms with Crippen molar-refractivity contribution in [2.75, 3.05) is 22.5 Å². The van der Waals surface area contributed by atoms with Crippen molar-refractivity contribution in [3.05, 3.63) is 73.3 Å². The van der Waals surface area contributed by atoms with Crippen molar-refractivity contribution < 1.29 is 4.79 Å². The summed E-state index contributed by atoms with van der Waals surface area (Å²) in [6.07, 6.45) is 1.76. The molecule has 0 saturated heterocycles. The van der Waals surface area contributed by atoms with Gasteiger partial charge in [-0.05, 0) is 24.3 Å². The summed E-state index contributed by atoms with van der Waals surface area (Å²) in [5.41, 5.74) is 3.42. The fourth-order valence-corrected chi connectivity index (χ4v) is 2.50. The number of aromatic nitrogens is 2. The Morgan fingerprint density at radius 1 is 1.04 bits per heavy atom. The molecule has 0 spiro atoms. The molecule has 0 bridgehead atoms. The molecule has 2 aromatic carbocycles. The number of rotatable bonds is 7. The third-order valence-corrected chi connectivity index (χ3v) is 3.68. The molecule has 136 valence electrons. The third-order valence-electron chi connectivity index (χ3n) is 3.68. The molecule has 6 heteroatoms. The van der Waals surface area contributed by atoms with E-state index in [4.69, 9.17) is 0 Å². The molecule has 3 rings (SSSR count). The lowest BCUT2D eigenvalue weighted by Crippen LogP contribution is -2.06. The maximum Gasteiger partial charge on any atom is 0.225 e. The first-order valence-corrected chi connectivity index (χ1v) is 8.58. The summed E-state index contributed by atoms with van der Waals surface area (Å²) in [6, 6.07) is 19.3. The van der Waals surface area contributed by atoms with Crippen LogP contribution >= 0.6 is 0 Å². The first-order chi connectivity index (χ1) is 13.1. The molecular formula is C21H21N5O. The van der Waals surface area contributed by atoms with Gasteiger partial charge in [-0.1, -0.05) is 36.4 Å². The molecule has 0 fully saturated rings. The third kappa shape index (κ3) is 5.15. The molecule has 27 heavy (non-hydrogen) atoms. The van der Waals surface area contributed by atoms with E-state index >= 15 is 0 Å². The zero-order valence-electron chi connectivity index (χ0n) is 15.1. The molecule has 3 aromatic rings. The minimum Gasteiger partial charge on any atom is -0.351 e. The summed E-state index contributed by atoms with van der Waals surface area (Å²) < 4.78 is 0. The maximum atomic E-state index is 11.1. The maximum absolute atomic E-state index is 11.1. The predicted octanol–water partition coefficient (Wildman–Crippen LogP) is 4.44. The van der Waals surface area contributed by atoms with Crippen LogP contribution in [0.5, 0.6) is 0 Å². The molecule has 3 N–H and O–H groups in total. The summed E-state index contributed by atoms with van der Waals surface area (Å²) in [6.45, 7) is 5.77. The van der Waals surface area contributed by atoms with Crippen molar-refractivity contribution in [2.24, 2.45) is 0 Å². The second-order valence-electron chi connectivity index (χ2n) is 5.88. The average molecular weight is 359 g/mol. The van der Waals surface area contributed by atoms with Gasteiger partial charge in [0.15, 0.2) is 0 Å². The Kier molecular flexibility index (Phi) is 5.79. The topological polar surface area (TPSA) is 78.9 Å². The van der Waals surface area contributed by atoms with Gasteiger partial charge < -0.3 is 16.0 Å². The summed E-state index contributed by atoms with van der Waals surface area (Å²) in [7, 11) is 0. The highest BCUT2D eigenvalue weighted by Crippen LogP contribution is 2.24. The predicted molar refractivity (Wildman–Crippen MR) is 110 cm³/mol. The Balaban J connectivity index is 1.87. The largest absolute Gasteiger partial charge is 0.351 e. The van der Waals surface area contributed by atoms with E-state index in [1.807, 2.05) is 60.7 Å². The Hall–Kier alpha value is -3.67. The Bertz CT molecular complexity index is 923. The van der Waals surface area contributed by atoms with E-state index in [-0.39, 0.29) is 5.91 Å². The smallest absolute Gasteiger partial charge is 0.225 e. The van der Waals surface area contributed by atoms with Crippen LogP contribution in [0.2, 0.25) is 0 Å². The second kappa shape index (κ2) is 8.62. The van der Waals surface area contributed by atoms with Crippen molar-refractivity contribution in [1.82, 2.24) is 9.97 Å². The molecule has 0 aliphatic heterocycles. The fraction of sp³-hybridized carbons (Fsp3) is 0.0952. The van der Waals surface area contributed by atoms with Gasteiger partial charge in [-0.25, -0.2) is 4.98 Å². The number of nitrogens with one attached hydrogen (secondary N) is 3. The lowest BCUT2D eigenvalue weighted by Gasteiger charge is -2.11. The number of carbonyl (C=O) groups excluding carboxylic acids is 1. The van der Waals surface area contributed by atoms with E-state index < -0.39 is 0 Å². The molecule has 0 saturated carbocycles. The zero-order chi connectivity index (χ0) is 19.1. The second-order valence-corrected chi connectivity index (χ2v) is 5.88. The lowest BCUT2D eigenvalue weighted by atomic mass is 10.1. The number of anilines is 4. The number of carbonyl (C=O) groups is 1. The van der Waals surface area contributed by atoms with Crippen LogP contribution in [0.4, 0.5) is 23.1 Å². The molecule has 0 unspecified atom stereocenters. The standard InChI is InChI=1S/C21H21N5O/c1-3-13-22-21-25-19(16-7-5-4-6-8-16)14-20(26-21)24-18-11-9-17(10-12-18)23-15(2)27/h3-12,14H,1,13H2,2H3,(H,23,27)(H2,22,24,25,26). The van der Waals surface area contributed by atoms with Crippen molar-refractivity contribution in [1.29, 1.82) is 0 Å². The normalized spacial score (nSPS) is 10.1. The van der Waals surface area contributed by atoms with E-state index in [0.29, 0.717) is 18.3 Å². The van der Waals surface area contributed by atoms with Crippen LogP contribution in [0.25, 0.3) is 11.3 Å². The lowest BCUT2D eigenvalue weighted by molar-refractivity contribution is -0.114. The Labute approximate surface area is 158 Å². The van der Waals surface area contributed by atoms with Crippen molar-refractivity contribution in [3.8, 4) is 11.3 Å². The minimum atomic E-state index is -0.100. The zero-order valence-corrected chi connectivity index (χ0v) is 15.1. The Morgan fingerprint density at radius 3 is 2.41 bits per heavy atom. The molecule has 1 aromatic heterocycles. The molecule has 0 radical (unpaired) electrons. The highest BCUT2D eigenvalue weighted by atomic mass is 16.1. The SMILES string of the molecule is C=CCNc1nc(Nc2ccc(NC(C)=O)cc2)cc(-c2ccccc2)n1. The highest BCUT2D eigenvalue weighted by molar-refractivity contribution is 5.88. The van der Waals surface area contributed by atoms with Crippen LogP contribution in [0.1, 0.15) is 6.92 Å². The van der Waals surface area contributed by atoms with E-state index in [9.17, 15) is 4.79 Å². The number of hydrogen-bond acceptors (Lipinski definition) is 5. The molecular weight excluding hydrogens is 338 g/mol. The van der Waals surface area contributed by atoms with Gasteiger partial charge >= 0.3 is 0 Å². The monoisotopic (exact) mass is 359 g/mol. The van der Waals surface area contributed by atoms with Gasteiger partial charge in [-0.3, -0.25) is 4.79 Å². The van der Waals surface area contributed by atoms with Crippen LogP contribution in [-0.2, 0) is 4.79 Å². The summed E-state index contributed by atoms with van der Waals surface area (Å²) >= 11 is 0. The van der Waals surface area contributed by atoms with Gasteiger partial charge in [-0.15, -0.1) is 6.58 Å². The van der Waals surface area contributed by atoms with Crippen LogP contribution in [0.15, 0.2) is 73.3 Å². The van der Waals surface area contributed by atoms with Gasteiger partial charge in [0.2, 0.25) is 11.9 Å². The van der Waals surface area contributed by atoms with Gasteiger partial charge in [0.25, 0.3) is 0 Å². The first kappa shape index (κ1) is 18.1. The molecule has 1 amide bonds. The number of benzene rings is 2. The quantitative estimate of drug-likeness (QED) is 0.543. The van der Waals surface area contributed by atoms with Gasteiger partial charge in [-0.2, -0.15) is 4.98 Å². The van der Waals surface area contributed by atoms with Crippen LogP contribution < -0.4 is 16.0 Å². The van der Waals surface area contributed by atoms with Gasteiger partial charge in [0.05, 0.1) is 5.69 Å². The molecule has 6 nitrogen and oxygen atoms in total. The number of nitrogens with zero attached hydrogens (tertiary/aromatic N) is 2. The minimum absolute atomic E-state index is 0.100. The summed E-state index contributed by atoms with van der Waals surface area (Å²) in [4.78, 5) is 20.2. The van der Waals surface area contributed by atoms with Crippen molar-refractivity contribution in [3.63, 3.8) is 0 Å². The summed E-state index contributed by atoms with van der Waals surface area (Å²) in [5.74, 6) is 1.09. The average Bonchev–Trinajstić information content (AvgIpc) is 2.68. The van der Waals surface area contributed by atoms with Crippen molar-refractivity contribution >= 4 is 29.0 Å². The molecule has 0 aliphatic carbocycles. The molecule has 1 heterocycles. The number of hydrogen-bond donors (Lipinski definition) is 3. The van der Waals surface area contributed by atoms with Crippen molar-refractivity contribution in [2.45, 2.75) is 6.92 Å². The van der Waals surface area contributed by atoms with E-state index in [1.165, 1.54) is 6.92 Å². The fourth-order valence-electron chi connectivity index (χ4n) is 2.50. The molecule has 0 atom stereocenters. The first-order valence-electron chi connectivity index (χ1n) is 8.58. The van der Waals surface area contributed by atoms with Crippen LogP contribution in [0.3, 0.4) is 0 Å². The van der Waals surface area contributed by atoms with Gasteiger partial charge in [0, 0.05) is 36.5 Å². The van der Waals surface area contributed by atoms with Crippen LogP contribution in [-0.4, -0.2) is 22.4 Å². The van der Waals surface area contributed by atoms with E-state index in [0.717, 1.165) is 22.6 Å².